The van der Waals surface area contributed by atoms with Crippen LogP contribution in [0.5, 0.6) is 0 Å². The normalized spacial score (nSPS) is 10.6. The van der Waals surface area contributed by atoms with Crippen LogP contribution in [0.2, 0.25) is 0 Å². The molecule has 1 heterocycles. The Bertz CT molecular complexity index is 832. The molecule has 0 radical (unpaired) electrons. The number of rotatable bonds is 6. The lowest BCUT2D eigenvalue weighted by Gasteiger charge is -2.22. The summed E-state index contributed by atoms with van der Waals surface area (Å²) in [5.41, 5.74) is 3.43. The first-order valence-electron chi connectivity index (χ1n) is 8.09. The second-order valence-corrected chi connectivity index (χ2v) is 5.78. The van der Waals surface area contributed by atoms with Crippen molar-refractivity contribution in [1.82, 2.24) is 19.7 Å². The molecule has 1 aromatic heterocycles. The zero-order chi connectivity index (χ0) is 17.6. The van der Waals surface area contributed by atoms with Crippen LogP contribution in [0.4, 0.5) is 0 Å². The minimum atomic E-state index is -0.105. The van der Waals surface area contributed by atoms with Gasteiger partial charge in [-0.25, -0.2) is 9.67 Å². The molecule has 25 heavy (non-hydrogen) atoms. The minimum Gasteiger partial charge on any atom is -0.395 e. The van der Waals surface area contributed by atoms with Gasteiger partial charge in [0, 0.05) is 18.7 Å². The minimum absolute atomic E-state index is 0.0748. The van der Waals surface area contributed by atoms with Crippen LogP contribution in [0.15, 0.2) is 61.2 Å². The van der Waals surface area contributed by atoms with E-state index in [-0.39, 0.29) is 19.1 Å². The zero-order valence-electron chi connectivity index (χ0n) is 14.0. The molecule has 0 aliphatic carbocycles. The van der Waals surface area contributed by atoms with Gasteiger partial charge >= 0.3 is 0 Å². The van der Waals surface area contributed by atoms with Crippen molar-refractivity contribution < 1.29 is 9.90 Å². The van der Waals surface area contributed by atoms with E-state index < -0.39 is 0 Å². The Balaban J connectivity index is 1.83. The summed E-state index contributed by atoms with van der Waals surface area (Å²) in [5.74, 6) is -0.105. The maximum atomic E-state index is 12.9. The number of aromatic nitrogens is 3. The highest BCUT2D eigenvalue weighted by Crippen LogP contribution is 2.17. The van der Waals surface area contributed by atoms with Gasteiger partial charge in [0.1, 0.15) is 12.7 Å². The number of aliphatic hydroxyl groups excluding tert-OH is 1. The van der Waals surface area contributed by atoms with Gasteiger partial charge in [0.2, 0.25) is 0 Å². The van der Waals surface area contributed by atoms with Gasteiger partial charge in [-0.1, -0.05) is 30.3 Å². The van der Waals surface area contributed by atoms with Gasteiger partial charge < -0.3 is 10.0 Å². The second kappa shape index (κ2) is 7.72. The largest absolute Gasteiger partial charge is 0.395 e. The molecular weight excluding hydrogens is 316 g/mol. The molecular formula is C19H20N4O2. The van der Waals surface area contributed by atoms with Gasteiger partial charge in [-0.2, -0.15) is 5.10 Å². The van der Waals surface area contributed by atoms with Crippen LogP contribution in [0.1, 0.15) is 21.5 Å². The summed E-state index contributed by atoms with van der Waals surface area (Å²) in [4.78, 5) is 18.5. The molecule has 6 heteroatoms. The predicted octanol–water partition coefficient (Wildman–Crippen LogP) is 2.21. The standard InChI is InChI=1S/C19H20N4O2/c1-15-11-17(7-8-18(15)23-14-20-13-21-23)19(25)22(9-10-24)12-16-5-3-2-4-6-16/h2-8,11,13-14,24H,9-10,12H2,1H3. The number of aliphatic hydroxyl groups is 1. The molecule has 0 aliphatic heterocycles. The molecule has 128 valence electrons. The lowest BCUT2D eigenvalue weighted by atomic mass is 10.1. The van der Waals surface area contributed by atoms with Crippen LogP contribution in [-0.4, -0.2) is 43.8 Å². The topological polar surface area (TPSA) is 71.2 Å². The zero-order valence-corrected chi connectivity index (χ0v) is 14.0. The molecule has 0 saturated heterocycles. The second-order valence-electron chi connectivity index (χ2n) is 5.78. The number of amides is 1. The Morgan fingerprint density at radius 3 is 2.64 bits per heavy atom. The van der Waals surface area contributed by atoms with Crippen LogP contribution in [-0.2, 0) is 6.54 Å². The van der Waals surface area contributed by atoms with Crippen LogP contribution in [0.25, 0.3) is 5.69 Å². The summed E-state index contributed by atoms with van der Waals surface area (Å²) in [6.07, 6.45) is 3.10. The Kier molecular flexibility index (Phi) is 5.20. The van der Waals surface area contributed by atoms with E-state index in [9.17, 15) is 9.90 Å². The van der Waals surface area contributed by atoms with E-state index >= 15 is 0 Å². The molecule has 0 unspecified atom stereocenters. The molecule has 0 spiro atoms. The van der Waals surface area contributed by atoms with Crippen LogP contribution >= 0.6 is 0 Å². The van der Waals surface area contributed by atoms with Crippen LogP contribution in [0.3, 0.4) is 0 Å². The molecule has 2 aromatic carbocycles. The Morgan fingerprint density at radius 1 is 1.20 bits per heavy atom. The molecule has 3 rings (SSSR count). The highest BCUT2D eigenvalue weighted by atomic mass is 16.3. The molecule has 6 nitrogen and oxygen atoms in total. The van der Waals surface area contributed by atoms with Crippen LogP contribution < -0.4 is 0 Å². The van der Waals surface area contributed by atoms with Crippen molar-refractivity contribution in [1.29, 1.82) is 0 Å². The van der Waals surface area contributed by atoms with Gasteiger partial charge in [-0.05, 0) is 36.2 Å². The summed E-state index contributed by atoms with van der Waals surface area (Å²) in [7, 11) is 0. The molecule has 0 atom stereocenters. The Morgan fingerprint density at radius 2 is 2.00 bits per heavy atom. The van der Waals surface area contributed by atoms with E-state index in [0.29, 0.717) is 12.1 Å². The van der Waals surface area contributed by atoms with Gasteiger partial charge in [-0.15, -0.1) is 0 Å². The lowest BCUT2D eigenvalue weighted by molar-refractivity contribution is 0.0708. The van der Waals surface area contributed by atoms with Gasteiger partial charge in [0.25, 0.3) is 5.91 Å². The fourth-order valence-corrected chi connectivity index (χ4v) is 2.74. The molecule has 1 amide bonds. The van der Waals surface area contributed by atoms with E-state index in [4.69, 9.17) is 0 Å². The number of carbonyl (C=O) groups is 1. The van der Waals surface area contributed by atoms with Crippen molar-refractivity contribution in [3.8, 4) is 5.69 Å². The smallest absolute Gasteiger partial charge is 0.254 e. The number of carbonyl (C=O) groups excluding carboxylic acids is 1. The molecule has 0 bridgehead atoms. The van der Waals surface area contributed by atoms with E-state index in [2.05, 4.69) is 10.1 Å². The van der Waals surface area contributed by atoms with Crippen molar-refractivity contribution in [2.45, 2.75) is 13.5 Å². The number of benzene rings is 2. The molecule has 0 aliphatic rings. The van der Waals surface area contributed by atoms with Crippen molar-refractivity contribution in [3.05, 3.63) is 77.9 Å². The number of aryl methyl sites for hydroxylation is 1. The summed E-state index contributed by atoms with van der Waals surface area (Å²) in [6, 6.07) is 15.2. The maximum absolute atomic E-state index is 12.9. The number of hydrogen-bond donors (Lipinski definition) is 1. The molecule has 0 fully saturated rings. The number of nitrogens with zero attached hydrogens (tertiary/aromatic N) is 4. The van der Waals surface area contributed by atoms with Crippen molar-refractivity contribution >= 4 is 5.91 Å². The quantitative estimate of drug-likeness (QED) is 0.749. The highest BCUT2D eigenvalue weighted by molar-refractivity contribution is 5.94. The third-order valence-corrected chi connectivity index (χ3v) is 3.98. The van der Waals surface area contributed by atoms with E-state index in [1.165, 1.54) is 6.33 Å². The maximum Gasteiger partial charge on any atom is 0.254 e. The average Bonchev–Trinajstić information content (AvgIpc) is 3.16. The summed E-state index contributed by atoms with van der Waals surface area (Å²) in [6.45, 7) is 2.61. The Labute approximate surface area is 146 Å². The van der Waals surface area contributed by atoms with Crippen molar-refractivity contribution in [2.24, 2.45) is 0 Å². The van der Waals surface area contributed by atoms with Crippen LogP contribution in [0, 0.1) is 6.92 Å². The average molecular weight is 336 g/mol. The first-order valence-corrected chi connectivity index (χ1v) is 8.09. The predicted molar refractivity (Wildman–Crippen MR) is 94.4 cm³/mol. The first-order chi connectivity index (χ1) is 12.2. The van der Waals surface area contributed by atoms with Crippen molar-refractivity contribution in [2.75, 3.05) is 13.2 Å². The van der Waals surface area contributed by atoms with Gasteiger partial charge in [0.05, 0.1) is 12.3 Å². The summed E-state index contributed by atoms with van der Waals surface area (Å²) < 4.78 is 1.67. The third kappa shape index (κ3) is 3.92. The highest BCUT2D eigenvalue weighted by Gasteiger charge is 2.17. The van der Waals surface area contributed by atoms with E-state index in [1.807, 2.05) is 49.4 Å². The Hall–Kier alpha value is -2.99. The number of hydrogen-bond acceptors (Lipinski definition) is 4. The molecule has 0 saturated carbocycles. The fraction of sp³-hybridized carbons (Fsp3) is 0.211. The SMILES string of the molecule is Cc1cc(C(=O)N(CCO)Cc2ccccc2)ccc1-n1cncn1. The van der Waals surface area contributed by atoms with Gasteiger partial charge in [0.15, 0.2) is 0 Å². The lowest BCUT2D eigenvalue weighted by Crippen LogP contribution is -2.33. The molecule has 3 aromatic rings. The third-order valence-electron chi connectivity index (χ3n) is 3.98. The summed E-state index contributed by atoms with van der Waals surface area (Å²) in [5, 5.41) is 13.4. The van der Waals surface area contributed by atoms with Gasteiger partial charge in [-0.3, -0.25) is 4.79 Å². The fourth-order valence-electron chi connectivity index (χ4n) is 2.74. The van der Waals surface area contributed by atoms with E-state index in [0.717, 1.165) is 16.8 Å². The van der Waals surface area contributed by atoms with E-state index in [1.54, 1.807) is 22.0 Å². The monoisotopic (exact) mass is 336 g/mol. The summed E-state index contributed by atoms with van der Waals surface area (Å²) >= 11 is 0. The molecule has 1 N–H and O–H groups in total. The van der Waals surface area contributed by atoms with Crippen molar-refractivity contribution in [3.63, 3.8) is 0 Å². The first kappa shape index (κ1) is 16.9.